The molecule has 0 aliphatic rings. The Balaban J connectivity index is 1.71. The Labute approximate surface area is 165 Å². The van der Waals surface area contributed by atoms with E-state index in [0.29, 0.717) is 17.1 Å². The first-order chi connectivity index (χ1) is 13.9. The highest BCUT2D eigenvalue weighted by Crippen LogP contribution is 2.25. The molecular formula is C19H17N5O5. The van der Waals surface area contributed by atoms with Crippen molar-refractivity contribution in [2.24, 2.45) is 5.73 Å². The van der Waals surface area contributed by atoms with E-state index in [1.807, 2.05) is 0 Å². The second kappa shape index (κ2) is 8.65. The van der Waals surface area contributed by atoms with Crippen molar-refractivity contribution in [1.82, 2.24) is 9.55 Å². The molecule has 0 saturated heterocycles. The van der Waals surface area contributed by atoms with Crippen LogP contribution < -0.4 is 15.8 Å². The number of benzene rings is 2. The van der Waals surface area contributed by atoms with Gasteiger partial charge in [0.2, 0.25) is 5.91 Å². The van der Waals surface area contributed by atoms with E-state index in [9.17, 15) is 19.7 Å². The van der Waals surface area contributed by atoms with Gasteiger partial charge in [0, 0.05) is 29.7 Å². The van der Waals surface area contributed by atoms with Crippen LogP contribution in [0, 0.1) is 10.1 Å². The summed E-state index contributed by atoms with van der Waals surface area (Å²) in [6, 6.07) is 10.7. The van der Waals surface area contributed by atoms with E-state index in [1.165, 1.54) is 35.3 Å². The Bertz CT molecular complexity index is 1030. The first-order valence-electron chi connectivity index (χ1n) is 8.53. The summed E-state index contributed by atoms with van der Waals surface area (Å²) >= 11 is 0. The number of rotatable bonds is 8. The lowest BCUT2D eigenvalue weighted by Gasteiger charge is -2.09. The maximum Gasteiger partial charge on any atom is 0.294 e. The molecule has 0 aliphatic heterocycles. The molecule has 0 atom stereocenters. The van der Waals surface area contributed by atoms with Crippen molar-refractivity contribution in [2.75, 3.05) is 11.9 Å². The fourth-order valence-corrected chi connectivity index (χ4v) is 2.54. The number of nitro groups is 1. The average Bonchev–Trinajstić information content (AvgIpc) is 3.23. The smallest absolute Gasteiger partial charge is 0.294 e. The van der Waals surface area contributed by atoms with E-state index in [1.54, 1.807) is 30.5 Å². The number of aromatic nitrogens is 2. The second-order valence-corrected chi connectivity index (χ2v) is 5.97. The first-order valence-corrected chi connectivity index (χ1v) is 8.53. The lowest BCUT2D eigenvalue weighted by atomic mass is 10.1. The highest BCUT2D eigenvalue weighted by molar-refractivity contribution is 6.05. The molecule has 10 heteroatoms. The summed E-state index contributed by atoms with van der Waals surface area (Å²) in [5, 5.41) is 14.1. The van der Waals surface area contributed by atoms with Gasteiger partial charge in [-0.05, 0) is 36.4 Å². The zero-order chi connectivity index (χ0) is 20.8. The average molecular weight is 395 g/mol. The van der Waals surface area contributed by atoms with Gasteiger partial charge < -0.3 is 20.4 Å². The minimum absolute atomic E-state index is 0.104. The molecule has 148 valence electrons. The number of nitro benzene ring substituents is 1. The standard InChI is InChI=1S/C19H17N5O5/c20-18(25)7-10-29-15-4-2-14(3-5-15)22-19(26)13-1-6-16(17(11-13)24(27)28)23-9-8-21-12-23/h1-6,8-9,11-12H,7,10H2,(H2,20,25)(H,22,26). The fraction of sp³-hybridized carbons (Fsp3) is 0.105. The molecule has 2 amide bonds. The number of hydrogen-bond donors (Lipinski definition) is 2. The summed E-state index contributed by atoms with van der Waals surface area (Å²) in [5.74, 6) is -0.431. The molecule has 0 bridgehead atoms. The minimum Gasteiger partial charge on any atom is -0.493 e. The number of carbonyl (C=O) groups is 2. The van der Waals surface area contributed by atoms with Crippen molar-refractivity contribution in [3.05, 3.63) is 76.9 Å². The molecule has 0 radical (unpaired) electrons. The monoisotopic (exact) mass is 395 g/mol. The highest BCUT2D eigenvalue weighted by atomic mass is 16.6. The van der Waals surface area contributed by atoms with Crippen LogP contribution in [0.5, 0.6) is 5.75 Å². The molecule has 0 spiro atoms. The lowest BCUT2D eigenvalue weighted by molar-refractivity contribution is -0.384. The zero-order valence-corrected chi connectivity index (χ0v) is 15.1. The number of primary amides is 1. The molecular weight excluding hydrogens is 378 g/mol. The lowest BCUT2D eigenvalue weighted by Crippen LogP contribution is -2.14. The van der Waals surface area contributed by atoms with E-state index in [-0.39, 0.29) is 24.3 Å². The number of nitrogens with one attached hydrogen (secondary N) is 1. The summed E-state index contributed by atoms with van der Waals surface area (Å²) in [7, 11) is 0. The molecule has 3 aromatic rings. The largest absolute Gasteiger partial charge is 0.493 e. The molecule has 1 heterocycles. The number of anilines is 1. The molecule has 0 unspecified atom stereocenters. The van der Waals surface area contributed by atoms with Crippen LogP contribution in [0.15, 0.2) is 61.2 Å². The second-order valence-electron chi connectivity index (χ2n) is 5.97. The fourth-order valence-electron chi connectivity index (χ4n) is 2.54. The molecule has 3 rings (SSSR count). The van der Waals surface area contributed by atoms with Gasteiger partial charge in [-0.15, -0.1) is 0 Å². The molecule has 1 aromatic heterocycles. The van der Waals surface area contributed by atoms with Gasteiger partial charge in [-0.1, -0.05) is 0 Å². The Morgan fingerprint density at radius 3 is 2.59 bits per heavy atom. The normalized spacial score (nSPS) is 10.3. The van der Waals surface area contributed by atoms with Crippen LogP contribution in [0.1, 0.15) is 16.8 Å². The molecule has 0 fully saturated rings. The van der Waals surface area contributed by atoms with Crippen LogP contribution in [0.2, 0.25) is 0 Å². The van der Waals surface area contributed by atoms with Gasteiger partial charge in [0.1, 0.15) is 11.4 Å². The Morgan fingerprint density at radius 1 is 1.21 bits per heavy atom. The molecule has 2 aromatic carbocycles. The number of carbonyl (C=O) groups excluding carboxylic acids is 2. The summed E-state index contributed by atoms with van der Waals surface area (Å²) < 4.78 is 6.85. The number of amides is 2. The number of hydrogen-bond acceptors (Lipinski definition) is 6. The van der Waals surface area contributed by atoms with E-state index >= 15 is 0 Å². The quantitative estimate of drug-likeness (QED) is 0.442. The van der Waals surface area contributed by atoms with Crippen molar-refractivity contribution in [1.29, 1.82) is 0 Å². The van der Waals surface area contributed by atoms with Gasteiger partial charge in [-0.25, -0.2) is 4.98 Å². The summed E-state index contributed by atoms with van der Waals surface area (Å²) in [6.45, 7) is 0.161. The maximum atomic E-state index is 12.5. The zero-order valence-electron chi connectivity index (χ0n) is 15.1. The third-order valence-electron chi connectivity index (χ3n) is 3.95. The Morgan fingerprint density at radius 2 is 1.97 bits per heavy atom. The Hall–Kier alpha value is -4.21. The van der Waals surface area contributed by atoms with Gasteiger partial charge in [0.05, 0.1) is 24.3 Å². The van der Waals surface area contributed by atoms with Crippen LogP contribution in [-0.2, 0) is 4.79 Å². The van der Waals surface area contributed by atoms with Crippen molar-refractivity contribution in [3.8, 4) is 11.4 Å². The van der Waals surface area contributed by atoms with Crippen LogP contribution in [0.4, 0.5) is 11.4 Å². The first kappa shape index (κ1) is 19.5. The predicted molar refractivity (Wildman–Crippen MR) is 104 cm³/mol. The number of nitrogens with two attached hydrogens (primary N) is 1. The van der Waals surface area contributed by atoms with Crippen LogP contribution >= 0.6 is 0 Å². The summed E-state index contributed by atoms with van der Waals surface area (Å²) in [6.07, 6.45) is 4.63. The topological polar surface area (TPSA) is 142 Å². The van der Waals surface area contributed by atoms with E-state index in [2.05, 4.69) is 10.3 Å². The van der Waals surface area contributed by atoms with E-state index < -0.39 is 16.7 Å². The molecule has 0 saturated carbocycles. The van der Waals surface area contributed by atoms with E-state index in [4.69, 9.17) is 10.5 Å². The predicted octanol–water partition coefficient (Wildman–Crippen LogP) is 2.29. The van der Waals surface area contributed by atoms with Gasteiger partial charge in [0.25, 0.3) is 11.6 Å². The Kier molecular flexibility index (Phi) is 5.83. The number of imidazole rings is 1. The van der Waals surface area contributed by atoms with Gasteiger partial charge in [0.15, 0.2) is 0 Å². The van der Waals surface area contributed by atoms with Crippen LogP contribution in [-0.4, -0.2) is 32.9 Å². The number of nitrogens with zero attached hydrogens (tertiary/aromatic N) is 3. The van der Waals surface area contributed by atoms with Crippen molar-refractivity contribution < 1.29 is 19.2 Å². The number of ether oxygens (including phenoxy) is 1. The molecule has 10 nitrogen and oxygen atoms in total. The third-order valence-corrected chi connectivity index (χ3v) is 3.95. The molecule has 0 aliphatic carbocycles. The van der Waals surface area contributed by atoms with E-state index in [0.717, 1.165) is 0 Å². The highest BCUT2D eigenvalue weighted by Gasteiger charge is 2.19. The third kappa shape index (κ3) is 4.95. The van der Waals surface area contributed by atoms with Gasteiger partial charge in [-0.2, -0.15) is 0 Å². The van der Waals surface area contributed by atoms with Crippen molar-refractivity contribution in [2.45, 2.75) is 6.42 Å². The SMILES string of the molecule is NC(=O)CCOc1ccc(NC(=O)c2ccc(-n3ccnc3)c([N+](=O)[O-])c2)cc1. The van der Waals surface area contributed by atoms with Crippen LogP contribution in [0.3, 0.4) is 0 Å². The molecule has 29 heavy (non-hydrogen) atoms. The van der Waals surface area contributed by atoms with Gasteiger partial charge >= 0.3 is 0 Å². The van der Waals surface area contributed by atoms with Crippen LogP contribution in [0.25, 0.3) is 5.69 Å². The van der Waals surface area contributed by atoms with Crippen molar-refractivity contribution in [3.63, 3.8) is 0 Å². The summed E-state index contributed by atoms with van der Waals surface area (Å²) in [5.41, 5.74) is 5.76. The maximum absolute atomic E-state index is 12.5. The molecule has 3 N–H and O–H groups in total. The minimum atomic E-state index is -0.551. The van der Waals surface area contributed by atoms with Gasteiger partial charge in [-0.3, -0.25) is 19.7 Å². The summed E-state index contributed by atoms with van der Waals surface area (Å²) in [4.78, 5) is 37.9. The van der Waals surface area contributed by atoms with Crippen molar-refractivity contribution >= 4 is 23.2 Å².